The van der Waals surface area contributed by atoms with E-state index in [0.29, 0.717) is 11.1 Å². The Bertz CT molecular complexity index is 1230. The fourth-order valence-electron chi connectivity index (χ4n) is 3.04. The fourth-order valence-corrected chi connectivity index (χ4v) is 3.96. The first-order valence-corrected chi connectivity index (χ1v) is 11.2. The van der Waals surface area contributed by atoms with Gasteiger partial charge in [-0.05, 0) is 73.0 Å². The molecular weight excluding hydrogens is 396 g/mol. The van der Waals surface area contributed by atoms with Gasteiger partial charge in [0.15, 0.2) is 0 Å². The lowest BCUT2D eigenvalue weighted by molar-refractivity contribution is 0.667. The Morgan fingerprint density at radius 3 is 1.77 bits per heavy atom. The van der Waals surface area contributed by atoms with Crippen molar-refractivity contribution in [2.24, 2.45) is 0 Å². The zero-order chi connectivity index (χ0) is 21.9. The van der Waals surface area contributed by atoms with Crippen molar-refractivity contribution in [1.82, 2.24) is 0 Å². The van der Waals surface area contributed by atoms with Crippen LogP contribution < -0.4 is 0 Å². The smallest absolute Gasteiger partial charge is 0.0991 e. The second-order valence-electron chi connectivity index (χ2n) is 7.15. The first kappa shape index (κ1) is 21.9. The van der Waals surface area contributed by atoms with Crippen LogP contribution in [0.2, 0.25) is 0 Å². The van der Waals surface area contributed by atoms with Crippen molar-refractivity contribution >= 4 is 11.3 Å². The second-order valence-corrected chi connectivity index (χ2v) is 8.21. The predicted octanol–water partition coefficient (Wildman–Crippen LogP) is 6.41. The molecule has 150 valence electrons. The van der Waals surface area contributed by atoms with Gasteiger partial charge in [0.1, 0.15) is 0 Å². The second kappa shape index (κ2) is 11.4. The number of thiophene rings is 1. The third kappa shape index (κ3) is 6.63. The molecule has 0 aliphatic carbocycles. The van der Waals surface area contributed by atoms with Crippen LogP contribution in [-0.2, 0) is 6.42 Å². The minimum atomic E-state index is 0.636. The summed E-state index contributed by atoms with van der Waals surface area (Å²) in [4.78, 5) is 2.06. The molecule has 0 radical (unpaired) electrons. The highest BCUT2D eigenvalue weighted by atomic mass is 32.1. The Hall–Kier alpha value is -3.76. The molecule has 0 bridgehead atoms. The SMILES string of the molecule is CCCCCCc1cc(C#Cc2ccc(C#N)cc2)sc1C#Cc1ccc(C#N)cc1. The summed E-state index contributed by atoms with van der Waals surface area (Å²) in [5.41, 5.74) is 4.32. The third-order valence-electron chi connectivity index (χ3n) is 4.79. The molecule has 3 aromatic rings. The maximum absolute atomic E-state index is 8.94. The molecule has 0 aliphatic heterocycles. The molecule has 0 atom stereocenters. The molecular formula is C28H22N2S. The summed E-state index contributed by atoms with van der Waals surface area (Å²) in [5.74, 6) is 13.0. The Kier molecular flexibility index (Phi) is 8.09. The highest BCUT2D eigenvalue weighted by molar-refractivity contribution is 7.13. The van der Waals surface area contributed by atoms with Crippen LogP contribution in [0.5, 0.6) is 0 Å². The first-order chi connectivity index (χ1) is 15.2. The molecule has 1 aromatic heterocycles. The zero-order valence-electron chi connectivity index (χ0n) is 17.5. The van der Waals surface area contributed by atoms with Crippen molar-refractivity contribution in [3.8, 4) is 35.8 Å². The van der Waals surface area contributed by atoms with E-state index in [1.165, 1.54) is 24.8 Å². The van der Waals surface area contributed by atoms with Crippen molar-refractivity contribution in [3.63, 3.8) is 0 Å². The van der Waals surface area contributed by atoms with Crippen LogP contribution in [0.15, 0.2) is 54.6 Å². The first-order valence-electron chi connectivity index (χ1n) is 10.4. The summed E-state index contributed by atoms with van der Waals surface area (Å²) in [6.45, 7) is 2.22. The van der Waals surface area contributed by atoms with E-state index < -0.39 is 0 Å². The monoisotopic (exact) mass is 418 g/mol. The van der Waals surface area contributed by atoms with Gasteiger partial charge in [-0.2, -0.15) is 10.5 Å². The molecule has 0 spiro atoms. The highest BCUT2D eigenvalue weighted by Crippen LogP contribution is 2.23. The van der Waals surface area contributed by atoms with E-state index in [4.69, 9.17) is 10.5 Å². The number of aryl methyl sites for hydroxylation is 1. The van der Waals surface area contributed by atoms with Gasteiger partial charge in [0.05, 0.1) is 33.0 Å². The van der Waals surface area contributed by atoms with E-state index in [-0.39, 0.29) is 0 Å². The minimum absolute atomic E-state index is 0.636. The van der Waals surface area contributed by atoms with Crippen LogP contribution in [0.1, 0.15) is 70.2 Å². The molecule has 0 saturated heterocycles. The molecule has 1 heterocycles. The van der Waals surface area contributed by atoms with Crippen LogP contribution in [0.3, 0.4) is 0 Å². The quantitative estimate of drug-likeness (QED) is 0.355. The largest absolute Gasteiger partial charge is 0.192 e. The minimum Gasteiger partial charge on any atom is -0.192 e. The van der Waals surface area contributed by atoms with Crippen LogP contribution in [0.4, 0.5) is 0 Å². The van der Waals surface area contributed by atoms with Gasteiger partial charge in [-0.1, -0.05) is 49.9 Å². The number of benzene rings is 2. The molecule has 0 fully saturated rings. The maximum Gasteiger partial charge on any atom is 0.0991 e. The summed E-state index contributed by atoms with van der Waals surface area (Å²) >= 11 is 1.63. The molecule has 31 heavy (non-hydrogen) atoms. The lowest BCUT2D eigenvalue weighted by Gasteiger charge is -1.99. The van der Waals surface area contributed by atoms with Gasteiger partial charge < -0.3 is 0 Å². The van der Waals surface area contributed by atoms with Gasteiger partial charge in [-0.25, -0.2) is 0 Å². The van der Waals surface area contributed by atoms with Gasteiger partial charge in [-0.15, -0.1) is 11.3 Å². The maximum atomic E-state index is 8.94. The van der Waals surface area contributed by atoms with Gasteiger partial charge >= 0.3 is 0 Å². The van der Waals surface area contributed by atoms with Gasteiger partial charge in [0.25, 0.3) is 0 Å². The molecule has 0 unspecified atom stereocenters. The Morgan fingerprint density at radius 2 is 1.23 bits per heavy atom. The lowest BCUT2D eigenvalue weighted by Crippen LogP contribution is -1.86. The number of rotatable bonds is 5. The van der Waals surface area contributed by atoms with Crippen molar-refractivity contribution in [2.75, 3.05) is 0 Å². The van der Waals surface area contributed by atoms with E-state index >= 15 is 0 Å². The molecule has 2 nitrogen and oxygen atoms in total. The van der Waals surface area contributed by atoms with Crippen LogP contribution in [0.25, 0.3) is 0 Å². The van der Waals surface area contributed by atoms with Crippen molar-refractivity contribution in [1.29, 1.82) is 10.5 Å². The highest BCUT2D eigenvalue weighted by Gasteiger charge is 2.06. The van der Waals surface area contributed by atoms with Gasteiger partial charge in [0.2, 0.25) is 0 Å². The fraction of sp³-hybridized carbons (Fsp3) is 0.214. The van der Waals surface area contributed by atoms with Crippen molar-refractivity contribution in [2.45, 2.75) is 39.0 Å². The van der Waals surface area contributed by atoms with E-state index in [1.54, 1.807) is 35.6 Å². The Balaban J connectivity index is 1.83. The normalized spacial score (nSPS) is 9.52. The molecule has 0 aliphatic rings. The predicted molar refractivity (Wildman–Crippen MR) is 126 cm³/mol. The van der Waals surface area contributed by atoms with E-state index in [9.17, 15) is 0 Å². The van der Waals surface area contributed by atoms with Crippen molar-refractivity contribution in [3.05, 3.63) is 92.2 Å². The topological polar surface area (TPSA) is 47.6 Å². The number of unbranched alkanes of at least 4 members (excludes halogenated alkanes) is 3. The van der Waals surface area contributed by atoms with Crippen LogP contribution in [-0.4, -0.2) is 0 Å². The standard InChI is InChI=1S/C28H22N2S/c1-2-3-4-5-6-26-19-27(17-15-22-7-11-24(20-29)12-8-22)31-28(26)18-16-23-9-13-25(21-30)14-10-23/h7-14,19H,2-6H2,1H3. The third-order valence-corrected chi connectivity index (χ3v) is 5.80. The van der Waals surface area contributed by atoms with Crippen molar-refractivity contribution < 1.29 is 0 Å². The lowest BCUT2D eigenvalue weighted by atomic mass is 10.1. The number of nitriles is 2. The molecule has 3 rings (SSSR count). The average molecular weight is 419 g/mol. The summed E-state index contributed by atoms with van der Waals surface area (Å²) in [7, 11) is 0. The van der Waals surface area contributed by atoms with E-state index in [0.717, 1.165) is 33.7 Å². The van der Waals surface area contributed by atoms with Gasteiger partial charge in [0, 0.05) is 11.1 Å². The summed E-state index contributed by atoms with van der Waals surface area (Å²) in [6, 6.07) is 21.1. The average Bonchev–Trinajstić information content (AvgIpc) is 3.21. The molecule has 0 N–H and O–H groups in total. The summed E-state index contributed by atoms with van der Waals surface area (Å²) in [6.07, 6.45) is 5.85. The summed E-state index contributed by atoms with van der Waals surface area (Å²) in [5, 5.41) is 17.9. The van der Waals surface area contributed by atoms with E-state index in [1.807, 2.05) is 24.3 Å². The molecule has 0 saturated carbocycles. The Morgan fingerprint density at radius 1 is 0.677 bits per heavy atom. The number of nitrogens with zero attached hydrogens (tertiary/aromatic N) is 2. The Labute approximate surface area is 188 Å². The molecule has 0 amide bonds. The molecule has 2 aromatic carbocycles. The zero-order valence-corrected chi connectivity index (χ0v) is 18.4. The number of hydrogen-bond donors (Lipinski definition) is 0. The van der Waals surface area contributed by atoms with E-state index in [2.05, 4.69) is 48.8 Å². The van der Waals surface area contributed by atoms with Crippen LogP contribution >= 0.6 is 11.3 Å². The number of hydrogen-bond acceptors (Lipinski definition) is 3. The van der Waals surface area contributed by atoms with Gasteiger partial charge in [-0.3, -0.25) is 0 Å². The molecule has 3 heteroatoms. The summed E-state index contributed by atoms with van der Waals surface area (Å²) < 4.78 is 0. The van der Waals surface area contributed by atoms with Crippen LogP contribution in [0, 0.1) is 46.3 Å².